The van der Waals surface area contributed by atoms with E-state index in [2.05, 4.69) is 23.6 Å². The van der Waals surface area contributed by atoms with Crippen molar-refractivity contribution in [3.63, 3.8) is 0 Å². The number of carbonyl (C=O) groups excluding carboxylic acids is 1. The average Bonchev–Trinajstić information content (AvgIpc) is 2.90. The summed E-state index contributed by atoms with van der Waals surface area (Å²) in [6, 6.07) is 0.502. The van der Waals surface area contributed by atoms with Gasteiger partial charge in [-0.2, -0.15) is 0 Å². The number of hydrogen-bond acceptors (Lipinski definition) is 3. The molecule has 1 aliphatic heterocycles. The Morgan fingerprint density at radius 3 is 2.45 bits per heavy atom. The Kier molecular flexibility index (Phi) is 5.85. The zero-order valence-electron chi connectivity index (χ0n) is 13.2. The average molecular weight is 281 g/mol. The fourth-order valence-corrected chi connectivity index (χ4v) is 3.84. The maximum Gasteiger partial charge on any atom is 0.226 e. The number of carbonyl (C=O) groups is 1. The number of piperazine rings is 1. The third-order valence-corrected chi connectivity index (χ3v) is 5.21. The molecule has 0 aromatic rings. The zero-order valence-corrected chi connectivity index (χ0v) is 13.2. The molecule has 1 saturated carbocycles. The molecule has 0 radical (unpaired) electrons. The number of hydrogen-bond donors (Lipinski definition) is 1. The van der Waals surface area contributed by atoms with Crippen molar-refractivity contribution in [1.29, 1.82) is 0 Å². The van der Waals surface area contributed by atoms with E-state index in [0.29, 0.717) is 23.8 Å². The van der Waals surface area contributed by atoms with E-state index in [0.717, 1.165) is 39.1 Å². The van der Waals surface area contributed by atoms with Crippen LogP contribution in [0, 0.1) is 11.8 Å². The minimum Gasteiger partial charge on any atom is -0.340 e. The summed E-state index contributed by atoms with van der Waals surface area (Å²) < 4.78 is 0. The lowest BCUT2D eigenvalue weighted by molar-refractivity contribution is -0.138. The summed E-state index contributed by atoms with van der Waals surface area (Å²) in [5, 5.41) is 0. The molecule has 0 aromatic carbocycles. The van der Waals surface area contributed by atoms with Gasteiger partial charge in [0.2, 0.25) is 5.91 Å². The van der Waals surface area contributed by atoms with Gasteiger partial charge in [-0.05, 0) is 25.2 Å². The van der Waals surface area contributed by atoms with Gasteiger partial charge in [0, 0.05) is 44.7 Å². The molecule has 1 heterocycles. The standard InChI is InChI=1S/C16H31N3O/c1-3-5-14(12-17)18-8-10-19(11-9-18)16(20)15-7-4-6-13(15)2/h13-15H,3-12,17H2,1-2H3. The summed E-state index contributed by atoms with van der Waals surface area (Å²) in [4.78, 5) is 17.1. The van der Waals surface area contributed by atoms with Crippen molar-refractivity contribution >= 4 is 5.91 Å². The molecule has 0 bridgehead atoms. The molecule has 1 saturated heterocycles. The minimum atomic E-state index is 0.294. The molecule has 2 aliphatic rings. The molecule has 1 aliphatic carbocycles. The topological polar surface area (TPSA) is 49.6 Å². The number of amides is 1. The lowest BCUT2D eigenvalue weighted by Crippen LogP contribution is -2.54. The summed E-state index contributed by atoms with van der Waals surface area (Å²) in [6.07, 6.45) is 5.90. The van der Waals surface area contributed by atoms with E-state index in [-0.39, 0.29) is 0 Å². The highest BCUT2D eigenvalue weighted by Gasteiger charge is 2.34. The fraction of sp³-hybridized carbons (Fsp3) is 0.938. The summed E-state index contributed by atoms with van der Waals surface area (Å²) in [6.45, 7) is 8.96. The van der Waals surface area contributed by atoms with Crippen molar-refractivity contribution in [3.05, 3.63) is 0 Å². The lowest BCUT2D eigenvalue weighted by atomic mass is 9.96. The second kappa shape index (κ2) is 7.41. The molecule has 3 atom stereocenters. The number of nitrogens with two attached hydrogens (primary N) is 1. The molecule has 20 heavy (non-hydrogen) atoms. The highest BCUT2D eigenvalue weighted by molar-refractivity contribution is 5.79. The van der Waals surface area contributed by atoms with Crippen molar-refractivity contribution in [3.8, 4) is 0 Å². The largest absolute Gasteiger partial charge is 0.340 e. The van der Waals surface area contributed by atoms with Crippen LogP contribution in [-0.2, 0) is 4.79 Å². The maximum absolute atomic E-state index is 12.6. The van der Waals surface area contributed by atoms with E-state index in [9.17, 15) is 4.79 Å². The van der Waals surface area contributed by atoms with Crippen LogP contribution in [-0.4, -0.2) is 54.5 Å². The van der Waals surface area contributed by atoms with Gasteiger partial charge in [0.05, 0.1) is 0 Å². The first-order chi connectivity index (χ1) is 9.67. The lowest BCUT2D eigenvalue weighted by Gasteiger charge is -2.40. The Hall–Kier alpha value is -0.610. The van der Waals surface area contributed by atoms with Crippen LogP contribution in [0.25, 0.3) is 0 Å². The van der Waals surface area contributed by atoms with Crippen LogP contribution in [0.15, 0.2) is 0 Å². The normalized spacial score (nSPS) is 29.6. The Labute approximate surface area is 123 Å². The third kappa shape index (κ3) is 3.53. The molecule has 116 valence electrons. The van der Waals surface area contributed by atoms with Gasteiger partial charge in [-0.1, -0.05) is 26.7 Å². The van der Waals surface area contributed by atoms with Crippen LogP contribution < -0.4 is 5.73 Å². The molecule has 1 amide bonds. The first-order valence-corrected chi connectivity index (χ1v) is 8.40. The SMILES string of the molecule is CCCC(CN)N1CCN(C(=O)C2CCCC2C)CC1. The predicted molar refractivity (Wildman–Crippen MR) is 82.4 cm³/mol. The van der Waals surface area contributed by atoms with Gasteiger partial charge >= 0.3 is 0 Å². The van der Waals surface area contributed by atoms with E-state index in [1.54, 1.807) is 0 Å². The van der Waals surface area contributed by atoms with Gasteiger partial charge in [-0.15, -0.1) is 0 Å². The highest BCUT2D eigenvalue weighted by atomic mass is 16.2. The van der Waals surface area contributed by atoms with Gasteiger partial charge in [0.15, 0.2) is 0 Å². The minimum absolute atomic E-state index is 0.294. The van der Waals surface area contributed by atoms with Gasteiger partial charge in [-0.25, -0.2) is 0 Å². The van der Waals surface area contributed by atoms with Crippen LogP contribution in [0.4, 0.5) is 0 Å². The molecule has 0 aromatic heterocycles. The van der Waals surface area contributed by atoms with Crippen LogP contribution >= 0.6 is 0 Å². The van der Waals surface area contributed by atoms with Gasteiger partial charge in [-0.3, -0.25) is 9.69 Å². The van der Waals surface area contributed by atoms with E-state index < -0.39 is 0 Å². The molecule has 2 rings (SSSR count). The Morgan fingerprint density at radius 2 is 1.95 bits per heavy atom. The zero-order chi connectivity index (χ0) is 14.5. The molecule has 4 heteroatoms. The van der Waals surface area contributed by atoms with Crippen molar-refractivity contribution in [2.45, 2.75) is 52.0 Å². The van der Waals surface area contributed by atoms with Gasteiger partial charge in [0.1, 0.15) is 0 Å². The summed E-state index contributed by atoms with van der Waals surface area (Å²) >= 11 is 0. The molecule has 0 spiro atoms. The summed E-state index contributed by atoms with van der Waals surface area (Å²) in [7, 11) is 0. The van der Waals surface area contributed by atoms with Gasteiger partial charge in [0.25, 0.3) is 0 Å². The summed E-state index contributed by atoms with van der Waals surface area (Å²) in [5.74, 6) is 1.29. The third-order valence-electron chi connectivity index (χ3n) is 5.21. The molecular weight excluding hydrogens is 250 g/mol. The highest BCUT2D eigenvalue weighted by Crippen LogP contribution is 2.32. The smallest absolute Gasteiger partial charge is 0.226 e. The fourth-order valence-electron chi connectivity index (χ4n) is 3.84. The summed E-state index contributed by atoms with van der Waals surface area (Å²) in [5.41, 5.74) is 5.88. The first kappa shape index (κ1) is 15.8. The van der Waals surface area contributed by atoms with Crippen LogP contribution in [0.5, 0.6) is 0 Å². The van der Waals surface area contributed by atoms with Crippen LogP contribution in [0.1, 0.15) is 46.0 Å². The van der Waals surface area contributed by atoms with Gasteiger partial charge < -0.3 is 10.6 Å². The second-order valence-corrected chi connectivity index (χ2v) is 6.55. The number of nitrogens with zero attached hydrogens (tertiary/aromatic N) is 2. The van der Waals surface area contributed by atoms with E-state index in [1.165, 1.54) is 25.7 Å². The monoisotopic (exact) mass is 281 g/mol. The Balaban J connectivity index is 1.83. The molecule has 2 fully saturated rings. The van der Waals surface area contributed by atoms with E-state index in [4.69, 9.17) is 5.73 Å². The van der Waals surface area contributed by atoms with E-state index >= 15 is 0 Å². The van der Waals surface area contributed by atoms with Crippen molar-refractivity contribution < 1.29 is 4.79 Å². The van der Waals surface area contributed by atoms with E-state index in [1.807, 2.05) is 0 Å². The first-order valence-electron chi connectivity index (χ1n) is 8.40. The Morgan fingerprint density at radius 1 is 1.25 bits per heavy atom. The molecule has 3 unspecified atom stereocenters. The van der Waals surface area contributed by atoms with Crippen molar-refractivity contribution in [1.82, 2.24) is 9.80 Å². The van der Waals surface area contributed by atoms with Crippen LogP contribution in [0.2, 0.25) is 0 Å². The van der Waals surface area contributed by atoms with Crippen molar-refractivity contribution in [2.75, 3.05) is 32.7 Å². The second-order valence-electron chi connectivity index (χ2n) is 6.55. The Bertz CT molecular complexity index is 313. The number of rotatable bonds is 5. The van der Waals surface area contributed by atoms with Crippen molar-refractivity contribution in [2.24, 2.45) is 17.6 Å². The van der Waals surface area contributed by atoms with Crippen LogP contribution in [0.3, 0.4) is 0 Å². The molecular formula is C16H31N3O. The molecule has 2 N–H and O–H groups in total. The predicted octanol–water partition coefficient (Wildman–Crippen LogP) is 1.69. The maximum atomic E-state index is 12.6. The quantitative estimate of drug-likeness (QED) is 0.834. The molecule has 4 nitrogen and oxygen atoms in total.